The maximum absolute atomic E-state index is 12.5. The summed E-state index contributed by atoms with van der Waals surface area (Å²) in [5.41, 5.74) is 2.34. The van der Waals surface area contributed by atoms with Crippen LogP contribution < -0.4 is 10.2 Å². The van der Waals surface area contributed by atoms with E-state index in [1.807, 2.05) is 24.3 Å². The molecule has 15 heteroatoms. The Morgan fingerprint density at radius 2 is 2.03 bits per heavy atom. The van der Waals surface area contributed by atoms with Crippen LogP contribution >= 0.6 is 7.82 Å². The summed E-state index contributed by atoms with van der Waals surface area (Å²) in [7, 11) is -3.46. The first-order valence-electron chi connectivity index (χ1n) is 11.6. The van der Waals surface area contributed by atoms with Gasteiger partial charge in [0.2, 0.25) is 0 Å². The molecule has 200 valence electrons. The van der Waals surface area contributed by atoms with Gasteiger partial charge in [0.15, 0.2) is 5.82 Å². The van der Waals surface area contributed by atoms with Crippen LogP contribution in [0.2, 0.25) is 0 Å². The first kappa shape index (κ1) is 25.8. The molecule has 0 aliphatic carbocycles. The summed E-state index contributed by atoms with van der Waals surface area (Å²) in [6, 6.07) is 9.12. The molecule has 0 spiro atoms. The number of pyridine rings is 1. The summed E-state index contributed by atoms with van der Waals surface area (Å²) in [5.74, 6) is 0.449. The Kier molecular flexibility index (Phi) is 6.43. The van der Waals surface area contributed by atoms with Crippen molar-refractivity contribution in [3.8, 4) is 16.9 Å². The fourth-order valence-electron chi connectivity index (χ4n) is 4.58. The van der Waals surface area contributed by atoms with Crippen LogP contribution in [0, 0.1) is 0 Å². The molecule has 2 aromatic heterocycles. The summed E-state index contributed by atoms with van der Waals surface area (Å²) < 4.78 is 27.5. The number of benzene rings is 1. The Bertz CT molecular complexity index is 1440. The van der Waals surface area contributed by atoms with E-state index < -0.39 is 31.7 Å². The Morgan fingerprint density at radius 3 is 2.71 bits per heavy atom. The minimum absolute atomic E-state index is 0.151. The lowest BCUT2D eigenvalue weighted by molar-refractivity contribution is 0.0594. The number of methoxy groups -OCH3 is 1. The van der Waals surface area contributed by atoms with Crippen LogP contribution in [-0.2, 0) is 30.6 Å². The third kappa shape index (κ3) is 4.98. The number of ether oxygens (including phenoxy) is 2. The number of rotatable bonds is 7. The second-order valence-electron chi connectivity index (χ2n) is 9.33. The lowest BCUT2D eigenvalue weighted by atomic mass is 10.0. The lowest BCUT2D eigenvalue weighted by Crippen LogP contribution is -2.40. The van der Waals surface area contributed by atoms with Gasteiger partial charge in [0.25, 0.3) is 0 Å². The van der Waals surface area contributed by atoms with E-state index in [9.17, 15) is 14.2 Å². The summed E-state index contributed by atoms with van der Waals surface area (Å²) >= 11 is 0. The van der Waals surface area contributed by atoms with E-state index in [0.717, 1.165) is 22.4 Å². The normalized spacial score (nSPS) is 18.7. The highest BCUT2D eigenvalue weighted by Crippen LogP contribution is 2.44. The van der Waals surface area contributed by atoms with Crippen molar-refractivity contribution in [3.05, 3.63) is 54.0 Å². The SMILES string of the molecule is COC(=O)NC[C@@H]1OC(=O)N2c3ccc(-c4ccc(-n5cc(C(C)(C)OP(=O)(O)O)nn5)nc4)cc3C[C@@H]12. The summed E-state index contributed by atoms with van der Waals surface area (Å²) in [6.07, 6.45) is 2.19. The van der Waals surface area contributed by atoms with E-state index in [1.54, 1.807) is 17.2 Å². The molecule has 0 radical (unpaired) electrons. The summed E-state index contributed by atoms with van der Waals surface area (Å²) in [4.78, 5) is 48.3. The number of phosphoric ester groups is 1. The molecule has 14 nitrogen and oxygen atoms in total. The Hall–Kier alpha value is -3.84. The molecule has 0 unspecified atom stereocenters. The molecular weight excluding hydrogens is 519 g/mol. The van der Waals surface area contributed by atoms with Crippen molar-refractivity contribution in [2.45, 2.75) is 38.0 Å². The molecule has 5 rings (SSSR count). The molecule has 2 amide bonds. The highest BCUT2D eigenvalue weighted by atomic mass is 31.2. The van der Waals surface area contributed by atoms with Gasteiger partial charge < -0.3 is 24.6 Å². The lowest BCUT2D eigenvalue weighted by Gasteiger charge is -2.22. The molecule has 2 atom stereocenters. The Balaban J connectivity index is 1.32. The van der Waals surface area contributed by atoms with E-state index in [0.29, 0.717) is 12.2 Å². The molecule has 3 aromatic rings. The Morgan fingerprint density at radius 1 is 1.26 bits per heavy atom. The first-order chi connectivity index (χ1) is 17.9. The number of alkyl carbamates (subject to hydrolysis) is 1. The molecule has 1 saturated heterocycles. The maximum atomic E-state index is 12.5. The van der Waals surface area contributed by atoms with E-state index in [1.165, 1.54) is 31.8 Å². The van der Waals surface area contributed by atoms with Gasteiger partial charge in [-0.15, -0.1) is 5.10 Å². The number of nitrogens with zero attached hydrogens (tertiary/aromatic N) is 5. The number of nitrogens with one attached hydrogen (secondary N) is 1. The third-order valence-corrected chi connectivity index (χ3v) is 7.08. The van der Waals surface area contributed by atoms with Crippen LogP contribution in [0.4, 0.5) is 15.3 Å². The highest BCUT2D eigenvalue weighted by Gasteiger charge is 2.47. The first-order valence-corrected chi connectivity index (χ1v) is 13.1. The van der Waals surface area contributed by atoms with Crippen molar-refractivity contribution in [3.63, 3.8) is 0 Å². The fraction of sp³-hybridized carbons (Fsp3) is 0.348. The van der Waals surface area contributed by atoms with Gasteiger partial charge in [0, 0.05) is 11.8 Å². The molecular formula is C23H25N6O8P. The van der Waals surface area contributed by atoms with Crippen LogP contribution in [0.15, 0.2) is 42.7 Å². The predicted octanol–water partition coefficient (Wildman–Crippen LogP) is 2.28. The zero-order valence-corrected chi connectivity index (χ0v) is 21.5. The van der Waals surface area contributed by atoms with Crippen molar-refractivity contribution >= 4 is 25.7 Å². The zero-order chi connectivity index (χ0) is 27.2. The van der Waals surface area contributed by atoms with Gasteiger partial charge in [-0.2, -0.15) is 0 Å². The van der Waals surface area contributed by atoms with E-state index in [2.05, 4.69) is 25.3 Å². The minimum Gasteiger partial charge on any atom is -0.453 e. The van der Waals surface area contributed by atoms with Gasteiger partial charge in [-0.25, -0.2) is 23.8 Å². The smallest absolute Gasteiger partial charge is 0.453 e. The van der Waals surface area contributed by atoms with E-state index in [-0.39, 0.29) is 18.3 Å². The molecule has 4 heterocycles. The second kappa shape index (κ2) is 9.48. The van der Waals surface area contributed by atoms with Gasteiger partial charge >= 0.3 is 20.0 Å². The maximum Gasteiger partial charge on any atom is 0.470 e. The molecule has 2 aliphatic heterocycles. The number of carbonyl (C=O) groups excluding carboxylic acids is 2. The van der Waals surface area contributed by atoms with Crippen molar-refractivity contribution in [2.75, 3.05) is 18.6 Å². The number of aromatic nitrogens is 4. The number of amides is 2. The van der Waals surface area contributed by atoms with Crippen molar-refractivity contribution in [1.29, 1.82) is 0 Å². The number of hydrogen-bond donors (Lipinski definition) is 3. The number of anilines is 1. The van der Waals surface area contributed by atoms with Crippen molar-refractivity contribution < 1.29 is 37.9 Å². The number of fused-ring (bicyclic) bond motifs is 3. The molecule has 0 bridgehead atoms. The van der Waals surface area contributed by atoms with Gasteiger partial charge in [-0.1, -0.05) is 11.3 Å². The average Bonchev–Trinajstić information content (AvgIpc) is 3.57. The molecule has 0 saturated carbocycles. The third-order valence-electron chi connectivity index (χ3n) is 6.38. The van der Waals surface area contributed by atoms with Gasteiger partial charge in [-0.05, 0) is 55.7 Å². The van der Waals surface area contributed by atoms with E-state index >= 15 is 0 Å². The van der Waals surface area contributed by atoms with Crippen LogP contribution in [-0.4, -0.2) is 67.8 Å². The fourth-order valence-corrected chi connectivity index (χ4v) is 5.27. The minimum atomic E-state index is -4.73. The molecule has 3 N–H and O–H groups in total. The topological polar surface area (TPSA) is 178 Å². The molecule has 38 heavy (non-hydrogen) atoms. The van der Waals surface area contributed by atoms with Gasteiger partial charge in [0.1, 0.15) is 17.4 Å². The monoisotopic (exact) mass is 544 g/mol. The number of carbonyl (C=O) groups is 2. The van der Waals surface area contributed by atoms with Gasteiger partial charge in [-0.3, -0.25) is 9.42 Å². The Labute approximate surface area is 216 Å². The van der Waals surface area contributed by atoms with E-state index in [4.69, 9.17) is 19.0 Å². The largest absolute Gasteiger partial charge is 0.470 e. The molecule has 1 aromatic carbocycles. The quantitative estimate of drug-likeness (QED) is 0.372. The zero-order valence-electron chi connectivity index (χ0n) is 20.6. The van der Waals surface area contributed by atoms with Crippen LogP contribution in [0.5, 0.6) is 0 Å². The summed E-state index contributed by atoms with van der Waals surface area (Å²) in [6.45, 7) is 3.11. The number of cyclic esters (lactones) is 1. The van der Waals surface area contributed by atoms with Crippen molar-refractivity contribution in [1.82, 2.24) is 25.3 Å². The van der Waals surface area contributed by atoms with Crippen LogP contribution in [0.25, 0.3) is 16.9 Å². The summed E-state index contributed by atoms with van der Waals surface area (Å²) in [5, 5.41) is 10.5. The van der Waals surface area contributed by atoms with Crippen LogP contribution in [0.3, 0.4) is 0 Å². The second-order valence-corrected chi connectivity index (χ2v) is 10.5. The highest BCUT2D eigenvalue weighted by molar-refractivity contribution is 7.46. The number of phosphoric acid groups is 1. The predicted molar refractivity (Wildman–Crippen MR) is 131 cm³/mol. The standard InChI is InChI=1S/C23H25N6O8P/c1-23(2,37-38(32,33)34)19-12-28(27-26-19)20-7-5-14(10-24-20)13-4-6-16-15(8-13)9-17-18(11-25-21(30)35-3)36-22(31)29(16)17/h4-8,10,12,17-18H,9,11H2,1-3H3,(H,25,30)(H2,32,33,34)/t17-,18-/m0/s1. The molecule has 1 fully saturated rings. The van der Waals surface area contributed by atoms with Gasteiger partial charge in [0.05, 0.1) is 31.6 Å². The average molecular weight is 544 g/mol. The van der Waals surface area contributed by atoms with Crippen LogP contribution in [0.1, 0.15) is 25.1 Å². The molecule has 2 aliphatic rings. The number of hydrogen-bond acceptors (Lipinski definition) is 9. The van der Waals surface area contributed by atoms with Crippen molar-refractivity contribution in [2.24, 2.45) is 0 Å².